The predicted molar refractivity (Wildman–Crippen MR) is 176 cm³/mol. The van der Waals surface area contributed by atoms with Crippen LogP contribution in [0, 0.1) is 17.8 Å². The van der Waals surface area contributed by atoms with E-state index in [9.17, 15) is 19.2 Å². The summed E-state index contributed by atoms with van der Waals surface area (Å²) in [6.45, 7) is 19.5. The summed E-state index contributed by atoms with van der Waals surface area (Å²) in [4.78, 5) is 57.4. The Morgan fingerprint density at radius 2 is 1.73 bits per heavy atom. The minimum absolute atomic E-state index is 0.000887. The molecule has 45 heavy (non-hydrogen) atoms. The van der Waals surface area contributed by atoms with Crippen molar-refractivity contribution in [2.75, 3.05) is 27.8 Å². The fraction of sp³-hybridized carbons (Fsp3) is 0.824. The molecule has 2 aliphatic rings. The number of ether oxygens (including phenoxy) is 2. The van der Waals surface area contributed by atoms with Crippen LogP contribution in [0.2, 0.25) is 0 Å². The van der Waals surface area contributed by atoms with Crippen molar-refractivity contribution in [2.45, 2.75) is 135 Å². The van der Waals surface area contributed by atoms with E-state index in [0.29, 0.717) is 6.54 Å². The van der Waals surface area contributed by atoms with Crippen LogP contribution in [0.15, 0.2) is 12.2 Å². The number of rotatable bonds is 17. The fourth-order valence-corrected chi connectivity index (χ4v) is 6.63. The second-order valence-corrected chi connectivity index (χ2v) is 14.2. The van der Waals surface area contributed by atoms with Gasteiger partial charge in [0.2, 0.25) is 23.6 Å². The van der Waals surface area contributed by atoms with Gasteiger partial charge in [0.15, 0.2) is 0 Å². The molecule has 0 radical (unpaired) electrons. The average molecular weight is 636 g/mol. The Bertz CT molecular complexity index is 1070. The number of carbonyl (C=O) groups excluding carboxylic acids is 4. The van der Waals surface area contributed by atoms with E-state index in [2.05, 4.69) is 17.2 Å². The van der Waals surface area contributed by atoms with Crippen molar-refractivity contribution in [3.63, 3.8) is 0 Å². The van der Waals surface area contributed by atoms with Crippen molar-refractivity contribution < 1.29 is 28.7 Å². The van der Waals surface area contributed by atoms with Crippen molar-refractivity contribution in [1.29, 1.82) is 0 Å². The Morgan fingerprint density at radius 3 is 2.18 bits per heavy atom. The first-order valence-corrected chi connectivity index (χ1v) is 16.6. The highest BCUT2D eigenvalue weighted by molar-refractivity contribution is 5.91. The summed E-state index contributed by atoms with van der Waals surface area (Å²) in [6.07, 6.45) is 2.85. The molecule has 0 aromatic carbocycles. The van der Waals surface area contributed by atoms with Crippen LogP contribution in [0.3, 0.4) is 0 Å². The van der Waals surface area contributed by atoms with Crippen LogP contribution in [0.5, 0.6) is 0 Å². The Kier molecular flexibility index (Phi) is 13.6. The molecule has 2 fully saturated rings. The summed E-state index contributed by atoms with van der Waals surface area (Å²) in [5.41, 5.74) is 5.57. The average Bonchev–Trinajstić information content (AvgIpc) is 3.36. The van der Waals surface area contributed by atoms with Gasteiger partial charge in [0.25, 0.3) is 0 Å². The van der Waals surface area contributed by atoms with Gasteiger partial charge < -0.3 is 35.6 Å². The molecule has 0 bridgehead atoms. The van der Waals surface area contributed by atoms with Crippen molar-refractivity contribution in [2.24, 2.45) is 23.5 Å². The third-order valence-corrected chi connectivity index (χ3v) is 10.1. The number of hydrogen-bond acceptors (Lipinski definition) is 7. The van der Waals surface area contributed by atoms with E-state index in [1.54, 1.807) is 40.0 Å². The van der Waals surface area contributed by atoms with Crippen LogP contribution in [0.1, 0.15) is 93.9 Å². The van der Waals surface area contributed by atoms with E-state index in [1.165, 1.54) is 0 Å². The van der Waals surface area contributed by atoms with Gasteiger partial charge in [0.05, 0.1) is 47.7 Å². The molecule has 8 atom stereocenters. The van der Waals surface area contributed by atoms with E-state index < -0.39 is 41.7 Å². The number of nitrogens with one attached hydrogen (secondary N) is 2. The molecule has 1 aliphatic carbocycles. The number of likely N-dealkylation sites (tertiary alicyclic amines) is 1. The Morgan fingerprint density at radius 1 is 1.13 bits per heavy atom. The SMILES string of the molecule is C=C1CC1(CC)NC(=O)C(C)C(OC)C1CCCN1C(=O)CC(OC)C(C(C)CC)N(C)C(=O)C(NC(=O)C(C)(C)N)C(C)C. The van der Waals surface area contributed by atoms with E-state index in [-0.39, 0.29) is 47.6 Å². The minimum atomic E-state index is -1.14. The molecule has 0 spiro atoms. The summed E-state index contributed by atoms with van der Waals surface area (Å²) >= 11 is 0. The van der Waals surface area contributed by atoms with E-state index in [0.717, 1.165) is 37.7 Å². The molecule has 1 aliphatic heterocycles. The first-order valence-electron chi connectivity index (χ1n) is 16.6. The van der Waals surface area contributed by atoms with E-state index >= 15 is 0 Å². The maximum Gasteiger partial charge on any atom is 0.245 e. The highest BCUT2D eigenvalue weighted by Crippen LogP contribution is 2.44. The number of nitrogens with two attached hydrogens (primary N) is 1. The van der Waals surface area contributed by atoms with Crippen LogP contribution in [0.4, 0.5) is 0 Å². The Hall–Kier alpha value is -2.50. The lowest BCUT2D eigenvalue weighted by molar-refractivity contribution is -0.148. The lowest BCUT2D eigenvalue weighted by Crippen LogP contribution is -2.60. The minimum Gasteiger partial charge on any atom is -0.379 e. The molecule has 8 unspecified atom stereocenters. The summed E-state index contributed by atoms with van der Waals surface area (Å²) in [6, 6.07) is -1.48. The number of hydrogen-bond donors (Lipinski definition) is 3. The van der Waals surface area contributed by atoms with Crippen molar-refractivity contribution in [3.8, 4) is 0 Å². The summed E-state index contributed by atoms with van der Waals surface area (Å²) in [7, 11) is 4.86. The molecule has 11 heteroatoms. The number of amides is 4. The molecule has 11 nitrogen and oxygen atoms in total. The monoisotopic (exact) mass is 635 g/mol. The molecule has 2 rings (SSSR count). The second kappa shape index (κ2) is 15.9. The smallest absolute Gasteiger partial charge is 0.245 e. The van der Waals surface area contributed by atoms with Crippen LogP contribution >= 0.6 is 0 Å². The van der Waals surface area contributed by atoms with Gasteiger partial charge in [-0.3, -0.25) is 19.2 Å². The molecular formula is C34H61N5O6. The summed E-state index contributed by atoms with van der Waals surface area (Å²) < 4.78 is 11.8. The normalized spacial score (nSPS) is 24.0. The summed E-state index contributed by atoms with van der Waals surface area (Å²) in [5.74, 6) is -1.54. The molecule has 1 saturated heterocycles. The van der Waals surface area contributed by atoms with Gasteiger partial charge in [-0.2, -0.15) is 0 Å². The third kappa shape index (κ3) is 9.07. The van der Waals surface area contributed by atoms with Crippen LogP contribution in [0.25, 0.3) is 0 Å². The molecule has 1 heterocycles. The zero-order chi connectivity index (χ0) is 34.4. The lowest BCUT2D eigenvalue weighted by Gasteiger charge is -2.41. The Labute approximate surface area is 271 Å². The van der Waals surface area contributed by atoms with E-state index in [1.807, 2.05) is 46.4 Å². The zero-order valence-electron chi connectivity index (χ0n) is 29.7. The van der Waals surface area contributed by atoms with Crippen LogP contribution in [-0.2, 0) is 28.7 Å². The number of carbonyl (C=O) groups is 4. The summed E-state index contributed by atoms with van der Waals surface area (Å²) in [5, 5.41) is 6.01. The molecule has 0 aromatic rings. The first-order chi connectivity index (χ1) is 20.9. The van der Waals surface area contributed by atoms with Gasteiger partial charge in [-0.05, 0) is 56.9 Å². The highest BCUT2D eigenvalue weighted by Gasteiger charge is 2.49. The molecule has 0 aromatic heterocycles. The number of nitrogens with zero attached hydrogens (tertiary/aromatic N) is 2. The van der Waals surface area contributed by atoms with Gasteiger partial charge in [0.1, 0.15) is 6.04 Å². The highest BCUT2D eigenvalue weighted by atomic mass is 16.5. The van der Waals surface area contributed by atoms with Crippen LogP contribution < -0.4 is 16.4 Å². The second-order valence-electron chi connectivity index (χ2n) is 14.2. The molecule has 4 amide bonds. The predicted octanol–water partition coefficient (Wildman–Crippen LogP) is 3.01. The van der Waals surface area contributed by atoms with Crippen molar-refractivity contribution in [3.05, 3.63) is 12.2 Å². The van der Waals surface area contributed by atoms with Crippen molar-refractivity contribution >= 4 is 23.6 Å². The number of likely N-dealkylation sites (N-methyl/N-ethyl adjacent to an activating group) is 1. The van der Waals surface area contributed by atoms with Gasteiger partial charge >= 0.3 is 0 Å². The van der Waals surface area contributed by atoms with Crippen molar-refractivity contribution in [1.82, 2.24) is 20.4 Å². The van der Waals surface area contributed by atoms with Gasteiger partial charge in [-0.1, -0.05) is 54.5 Å². The maximum atomic E-state index is 14.0. The zero-order valence-corrected chi connectivity index (χ0v) is 29.7. The molecular weight excluding hydrogens is 574 g/mol. The standard InChI is InChI=1S/C34H61N5O6/c1-13-21(5)28(38(10)31(42)27(20(3)4)36-32(43)33(8,9)35)25(44-11)18-26(40)39-17-15-16-24(39)29(45-12)23(7)30(41)37-34(14-2)19-22(34)6/h20-21,23-25,27-29H,6,13-19,35H2,1-5,7-12H3,(H,36,43)(H,37,41). The largest absolute Gasteiger partial charge is 0.379 e. The number of methoxy groups -OCH3 is 2. The third-order valence-electron chi connectivity index (χ3n) is 10.1. The van der Waals surface area contributed by atoms with Gasteiger partial charge in [0, 0.05) is 27.8 Å². The molecule has 1 saturated carbocycles. The maximum absolute atomic E-state index is 14.0. The van der Waals surface area contributed by atoms with Crippen LogP contribution in [-0.4, -0.2) is 103 Å². The van der Waals surface area contributed by atoms with Gasteiger partial charge in [-0.25, -0.2) is 0 Å². The fourth-order valence-electron chi connectivity index (χ4n) is 6.63. The van der Waals surface area contributed by atoms with Gasteiger partial charge in [-0.15, -0.1) is 0 Å². The lowest BCUT2D eigenvalue weighted by atomic mass is 9.89. The topological polar surface area (TPSA) is 143 Å². The molecule has 4 N–H and O–H groups in total. The quantitative estimate of drug-likeness (QED) is 0.209. The first kappa shape index (κ1) is 38.7. The Balaban J connectivity index is 2.25. The van der Waals surface area contributed by atoms with E-state index in [4.69, 9.17) is 15.2 Å². The molecule has 258 valence electrons.